The second-order valence-electron chi connectivity index (χ2n) is 5.07. The lowest BCUT2D eigenvalue weighted by Crippen LogP contribution is -2.46. The molecule has 5 nitrogen and oxygen atoms in total. The lowest BCUT2D eigenvalue weighted by atomic mass is 10.1. The molecule has 0 heterocycles. The van der Waals surface area contributed by atoms with Crippen molar-refractivity contribution in [3.63, 3.8) is 0 Å². The van der Waals surface area contributed by atoms with Gasteiger partial charge in [0.2, 0.25) is 5.91 Å². The Kier molecular flexibility index (Phi) is 6.72. The molecular formula is C16H25N3O2. The number of amides is 3. The average Bonchev–Trinajstić information content (AvgIpc) is 2.46. The van der Waals surface area contributed by atoms with Crippen LogP contribution in [-0.4, -0.2) is 24.5 Å². The van der Waals surface area contributed by atoms with Gasteiger partial charge in [-0.2, -0.15) is 0 Å². The van der Waals surface area contributed by atoms with E-state index in [1.54, 1.807) is 6.92 Å². The molecule has 1 atom stereocenters. The van der Waals surface area contributed by atoms with E-state index in [4.69, 9.17) is 0 Å². The normalized spacial score (nSPS) is 11.6. The van der Waals surface area contributed by atoms with Crippen molar-refractivity contribution < 1.29 is 9.59 Å². The first kappa shape index (κ1) is 17.0. The number of hydrogen-bond acceptors (Lipinski definition) is 2. The zero-order chi connectivity index (χ0) is 15.8. The summed E-state index contributed by atoms with van der Waals surface area (Å²) in [6, 6.07) is 4.98. The van der Waals surface area contributed by atoms with Gasteiger partial charge in [-0.25, -0.2) is 4.79 Å². The van der Waals surface area contributed by atoms with Crippen LogP contribution in [-0.2, 0) is 11.2 Å². The molecule has 0 saturated heterocycles. The van der Waals surface area contributed by atoms with Gasteiger partial charge in [-0.1, -0.05) is 32.0 Å². The highest BCUT2D eigenvalue weighted by Crippen LogP contribution is 2.20. The molecule has 0 radical (unpaired) electrons. The molecule has 21 heavy (non-hydrogen) atoms. The minimum Gasteiger partial charge on any atom is -0.354 e. The largest absolute Gasteiger partial charge is 0.354 e. The Bertz CT molecular complexity index is 500. The van der Waals surface area contributed by atoms with Crippen LogP contribution in [0.4, 0.5) is 10.5 Å². The molecule has 0 saturated carbocycles. The summed E-state index contributed by atoms with van der Waals surface area (Å²) in [5, 5.41) is 8.25. The van der Waals surface area contributed by atoms with Crippen molar-refractivity contribution in [2.24, 2.45) is 0 Å². The Labute approximate surface area is 126 Å². The van der Waals surface area contributed by atoms with Crippen molar-refractivity contribution in [2.45, 2.75) is 46.6 Å². The van der Waals surface area contributed by atoms with Crippen LogP contribution in [0.3, 0.4) is 0 Å². The van der Waals surface area contributed by atoms with Crippen LogP contribution in [0.5, 0.6) is 0 Å². The smallest absolute Gasteiger partial charge is 0.319 e. The van der Waals surface area contributed by atoms with Crippen molar-refractivity contribution in [2.75, 3.05) is 11.9 Å². The number of aryl methyl sites for hydroxylation is 2. The first-order chi connectivity index (χ1) is 9.99. The molecule has 0 aromatic heterocycles. The van der Waals surface area contributed by atoms with E-state index in [0.717, 1.165) is 29.7 Å². The van der Waals surface area contributed by atoms with Gasteiger partial charge in [0.1, 0.15) is 6.04 Å². The van der Waals surface area contributed by atoms with Gasteiger partial charge in [-0.3, -0.25) is 4.79 Å². The molecule has 1 aromatic carbocycles. The number of rotatable bonds is 6. The molecule has 3 N–H and O–H groups in total. The summed E-state index contributed by atoms with van der Waals surface area (Å²) >= 11 is 0. The maximum atomic E-state index is 12.0. The summed E-state index contributed by atoms with van der Waals surface area (Å²) in [5.74, 6) is -0.174. The number of hydrogen-bond donors (Lipinski definition) is 3. The predicted octanol–water partition coefficient (Wildman–Crippen LogP) is 2.59. The van der Waals surface area contributed by atoms with Gasteiger partial charge in [0.25, 0.3) is 0 Å². The highest BCUT2D eigenvalue weighted by atomic mass is 16.2. The maximum Gasteiger partial charge on any atom is 0.319 e. The molecule has 0 aliphatic rings. The standard InChI is InChI=1S/C16H25N3O2/c1-5-10-17-15(20)12(4)18-16(21)19-14-11(3)8-7-9-13(14)6-2/h7-9,12H,5-6,10H2,1-4H3,(H,17,20)(H2,18,19,21)/t12-/m0/s1. The van der Waals surface area contributed by atoms with Gasteiger partial charge >= 0.3 is 6.03 Å². The molecule has 1 aromatic rings. The Hall–Kier alpha value is -2.04. The molecular weight excluding hydrogens is 266 g/mol. The summed E-state index contributed by atoms with van der Waals surface area (Å²) in [6.07, 6.45) is 1.71. The van der Waals surface area contributed by atoms with Crippen molar-refractivity contribution in [3.05, 3.63) is 29.3 Å². The van der Waals surface area contributed by atoms with Gasteiger partial charge in [0, 0.05) is 12.2 Å². The third-order valence-electron chi connectivity index (χ3n) is 3.27. The number of benzene rings is 1. The molecule has 5 heteroatoms. The van der Waals surface area contributed by atoms with Crippen LogP contribution in [0, 0.1) is 6.92 Å². The second-order valence-corrected chi connectivity index (χ2v) is 5.07. The van der Waals surface area contributed by atoms with E-state index in [1.165, 1.54) is 0 Å². The van der Waals surface area contributed by atoms with Crippen LogP contribution in [0.25, 0.3) is 0 Å². The van der Waals surface area contributed by atoms with E-state index in [-0.39, 0.29) is 11.9 Å². The van der Waals surface area contributed by atoms with E-state index in [2.05, 4.69) is 16.0 Å². The number of nitrogens with one attached hydrogen (secondary N) is 3. The maximum absolute atomic E-state index is 12.0. The first-order valence-electron chi connectivity index (χ1n) is 7.43. The van der Waals surface area contributed by atoms with E-state index < -0.39 is 6.04 Å². The van der Waals surface area contributed by atoms with Crippen LogP contribution < -0.4 is 16.0 Å². The fraction of sp³-hybridized carbons (Fsp3) is 0.500. The molecule has 116 valence electrons. The van der Waals surface area contributed by atoms with Gasteiger partial charge in [-0.05, 0) is 37.8 Å². The van der Waals surface area contributed by atoms with E-state index in [1.807, 2.05) is 39.0 Å². The van der Waals surface area contributed by atoms with Crippen LogP contribution in [0.2, 0.25) is 0 Å². The van der Waals surface area contributed by atoms with Crippen molar-refractivity contribution >= 4 is 17.6 Å². The summed E-state index contributed by atoms with van der Waals surface area (Å²) in [5.41, 5.74) is 2.90. The summed E-state index contributed by atoms with van der Waals surface area (Å²) in [6.45, 7) is 8.26. The summed E-state index contributed by atoms with van der Waals surface area (Å²) in [7, 11) is 0. The second kappa shape index (κ2) is 8.29. The lowest BCUT2D eigenvalue weighted by Gasteiger charge is -2.17. The van der Waals surface area contributed by atoms with Crippen molar-refractivity contribution in [1.82, 2.24) is 10.6 Å². The molecule has 0 aliphatic carbocycles. The third-order valence-corrected chi connectivity index (χ3v) is 3.27. The van der Waals surface area contributed by atoms with Gasteiger partial charge in [0.05, 0.1) is 0 Å². The lowest BCUT2D eigenvalue weighted by molar-refractivity contribution is -0.122. The highest BCUT2D eigenvalue weighted by molar-refractivity contribution is 5.94. The average molecular weight is 291 g/mol. The topological polar surface area (TPSA) is 70.2 Å². The van der Waals surface area contributed by atoms with E-state index in [9.17, 15) is 9.59 Å². The van der Waals surface area contributed by atoms with Gasteiger partial charge < -0.3 is 16.0 Å². The summed E-state index contributed by atoms with van der Waals surface area (Å²) in [4.78, 5) is 23.7. The van der Waals surface area contributed by atoms with E-state index >= 15 is 0 Å². The quantitative estimate of drug-likeness (QED) is 0.754. The first-order valence-corrected chi connectivity index (χ1v) is 7.43. The Morgan fingerprint density at radius 3 is 2.57 bits per heavy atom. The molecule has 0 spiro atoms. The fourth-order valence-corrected chi connectivity index (χ4v) is 2.02. The summed E-state index contributed by atoms with van der Waals surface area (Å²) < 4.78 is 0. The monoisotopic (exact) mass is 291 g/mol. The molecule has 1 rings (SSSR count). The number of para-hydroxylation sites is 1. The van der Waals surface area contributed by atoms with Gasteiger partial charge in [0.15, 0.2) is 0 Å². The number of urea groups is 1. The van der Waals surface area contributed by atoms with Gasteiger partial charge in [-0.15, -0.1) is 0 Å². The predicted molar refractivity (Wildman–Crippen MR) is 85.5 cm³/mol. The molecule has 0 aliphatic heterocycles. The minimum atomic E-state index is -0.564. The zero-order valence-electron chi connectivity index (χ0n) is 13.2. The number of carbonyl (C=O) groups is 2. The Morgan fingerprint density at radius 2 is 1.95 bits per heavy atom. The fourth-order valence-electron chi connectivity index (χ4n) is 2.02. The number of anilines is 1. The molecule has 0 fully saturated rings. The molecule has 3 amide bonds. The van der Waals surface area contributed by atoms with Crippen molar-refractivity contribution in [1.29, 1.82) is 0 Å². The SMILES string of the molecule is CCCNC(=O)[C@H](C)NC(=O)Nc1c(C)cccc1CC. The van der Waals surface area contributed by atoms with Crippen LogP contribution in [0.1, 0.15) is 38.3 Å². The Balaban J connectivity index is 2.64. The van der Waals surface area contributed by atoms with Crippen LogP contribution in [0.15, 0.2) is 18.2 Å². The minimum absolute atomic E-state index is 0.174. The van der Waals surface area contributed by atoms with Crippen LogP contribution >= 0.6 is 0 Å². The third kappa shape index (κ3) is 5.10. The molecule has 0 bridgehead atoms. The molecule has 0 unspecified atom stereocenters. The Morgan fingerprint density at radius 1 is 1.24 bits per heavy atom. The van der Waals surface area contributed by atoms with E-state index in [0.29, 0.717) is 6.54 Å². The highest BCUT2D eigenvalue weighted by Gasteiger charge is 2.16. The number of carbonyl (C=O) groups excluding carboxylic acids is 2. The van der Waals surface area contributed by atoms with Crippen molar-refractivity contribution in [3.8, 4) is 0 Å². The zero-order valence-corrected chi connectivity index (χ0v) is 13.2.